The van der Waals surface area contributed by atoms with Crippen molar-refractivity contribution in [1.82, 2.24) is 14.8 Å². The highest BCUT2D eigenvalue weighted by Gasteiger charge is 2.35. The molecule has 1 aliphatic heterocycles. The molecule has 0 atom stereocenters. The zero-order chi connectivity index (χ0) is 35.1. The van der Waals surface area contributed by atoms with E-state index in [1.807, 2.05) is 106 Å². The van der Waals surface area contributed by atoms with Crippen molar-refractivity contribution in [2.75, 3.05) is 5.75 Å². The maximum Gasteiger partial charge on any atom is 0.285 e. The fourth-order valence-corrected chi connectivity index (χ4v) is 6.65. The number of aryl methyl sites for hydroxylation is 2. The van der Waals surface area contributed by atoms with E-state index in [1.54, 1.807) is 37.3 Å². The van der Waals surface area contributed by atoms with Gasteiger partial charge in [0, 0.05) is 27.8 Å². The molecule has 0 unspecified atom stereocenters. The summed E-state index contributed by atoms with van der Waals surface area (Å²) in [6.45, 7) is 11.4. The number of halogens is 1. The van der Waals surface area contributed by atoms with Gasteiger partial charge in [0.2, 0.25) is 5.91 Å². The van der Waals surface area contributed by atoms with E-state index in [0.717, 1.165) is 45.5 Å². The smallest absolute Gasteiger partial charge is 0.285 e. The third-order valence-electron chi connectivity index (χ3n) is 8.10. The van der Waals surface area contributed by atoms with Crippen LogP contribution in [0.2, 0.25) is 5.02 Å². The van der Waals surface area contributed by atoms with Crippen molar-refractivity contribution in [2.45, 2.75) is 33.7 Å². The maximum absolute atomic E-state index is 14.2. The summed E-state index contributed by atoms with van der Waals surface area (Å²) >= 11 is 7.36. The fourth-order valence-electron chi connectivity index (χ4n) is 5.68. The van der Waals surface area contributed by atoms with Crippen LogP contribution in [0.5, 0.6) is 0 Å². The summed E-state index contributed by atoms with van der Waals surface area (Å²) in [5.41, 5.74) is 6.67. The van der Waals surface area contributed by atoms with Crippen molar-refractivity contribution < 1.29 is 14.4 Å². The lowest BCUT2D eigenvalue weighted by atomic mass is 9.99. The SMILES string of the molecule is C=C/C=C\C(=C/C)N1C(=O)/C(=C/c2cc(C)n(-c3cc(Cl)ccc3C)c2C)C(=O)N=C1SCC(=O)NC(c1ccccc1)c1ccccc1. The number of allylic oxidation sites excluding steroid dienone is 4. The van der Waals surface area contributed by atoms with Gasteiger partial charge in [-0.25, -0.2) is 0 Å². The van der Waals surface area contributed by atoms with Crippen LogP contribution < -0.4 is 5.32 Å². The zero-order valence-corrected chi connectivity index (χ0v) is 29.4. The summed E-state index contributed by atoms with van der Waals surface area (Å²) in [6, 6.07) is 26.6. The molecule has 0 bridgehead atoms. The summed E-state index contributed by atoms with van der Waals surface area (Å²) in [6.07, 6.45) is 8.34. The predicted octanol–water partition coefficient (Wildman–Crippen LogP) is 8.45. The van der Waals surface area contributed by atoms with Gasteiger partial charge in [-0.05, 0) is 80.3 Å². The monoisotopic (exact) mass is 688 g/mol. The van der Waals surface area contributed by atoms with E-state index in [1.165, 1.54) is 4.90 Å². The summed E-state index contributed by atoms with van der Waals surface area (Å²) in [5, 5.41) is 3.83. The van der Waals surface area contributed by atoms with E-state index in [9.17, 15) is 14.4 Å². The van der Waals surface area contributed by atoms with Crippen LogP contribution in [0.4, 0.5) is 0 Å². The molecule has 0 radical (unpaired) electrons. The number of rotatable bonds is 10. The van der Waals surface area contributed by atoms with Crippen LogP contribution in [-0.4, -0.2) is 38.1 Å². The first-order valence-corrected chi connectivity index (χ1v) is 17.1. The van der Waals surface area contributed by atoms with Gasteiger partial charge in [-0.2, -0.15) is 4.99 Å². The second kappa shape index (κ2) is 15.8. The minimum Gasteiger partial charge on any atom is -0.344 e. The number of carbonyl (C=O) groups excluding carboxylic acids is 3. The predicted molar refractivity (Wildman–Crippen MR) is 201 cm³/mol. The number of amidine groups is 1. The first kappa shape index (κ1) is 35.1. The van der Waals surface area contributed by atoms with Crippen LogP contribution >= 0.6 is 23.4 Å². The minimum absolute atomic E-state index is 0.0760. The number of carbonyl (C=O) groups is 3. The van der Waals surface area contributed by atoms with Crippen molar-refractivity contribution >= 4 is 52.3 Å². The van der Waals surface area contributed by atoms with Crippen LogP contribution in [0.25, 0.3) is 11.8 Å². The van der Waals surface area contributed by atoms with Crippen LogP contribution in [0.3, 0.4) is 0 Å². The van der Waals surface area contributed by atoms with Gasteiger partial charge in [0.15, 0.2) is 5.17 Å². The third-order valence-corrected chi connectivity index (χ3v) is 9.27. The molecule has 0 spiro atoms. The standard InChI is InChI=1S/C40H37ClN4O3S/c1-6-8-19-33(7-2)45-39(48)34(23-31-22-27(4)44(28(31)5)35-24-32(41)21-20-26(35)3)38(47)43-40(45)49-25-36(46)42-37(29-15-11-9-12-16-29)30-17-13-10-14-18-30/h6-24,37H,1,25H2,2-5H3,(H,42,46)/b19-8-,33-7+,34-23+. The second-order valence-electron chi connectivity index (χ2n) is 11.4. The molecule has 0 aliphatic carbocycles. The maximum atomic E-state index is 14.2. The number of hydrogen-bond donors (Lipinski definition) is 1. The number of aromatic nitrogens is 1. The molecule has 0 saturated heterocycles. The van der Waals surface area contributed by atoms with Gasteiger partial charge in [-0.1, -0.05) is 115 Å². The van der Waals surface area contributed by atoms with E-state index in [2.05, 4.69) is 21.5 Å². The van der Waals surface area contributed by atoms with E-state index in [0.29, 0.717) is 16.3 Å². The van der Waals surface area contributed by atoms with Gasteiger partial charge in [-0.3, -0.25) is 19.3 Å². The Kier molecular flexibility index (Phi) is 11.3. The molecule has 1 aliphatic rings. The van der Waals surface area contributed by atoms with Gasteiger partial charge >= 0.3 is 0 Å². The molecule has 7 nitrogen and oxygen atoms in total. The highest BCUT2D eigenvalue weighted by atomic mass is 35.5. The van der Waals surface area contributed by atoms with E-state index >= 15 is 0 Å². The summed E-state index contributed by atoms with van der Waals surface area (Å²) in [5.74, 6) is -1.57. The molecule has 9 heteroatoms. The van der Waals surface area contributed by atoms with E-state index in [4.69, 9.17) is 11.6 Å². The molecule has 49 heavy (non-hydrogen) atoms. The average Bonchev–Trinajstić information content (AvgIpc) is 3.38. The molecule has 248 valence electrons. The number of hydrogen-bond acceptors (Lipinski definition) is 4. The Morgan fingerprint density at radius 1 is 0.980 bits per heavy atom. The zero-order valence-electron chi connectivity index (χ0n) is 27.8. The number of nitrogens with zero attached hydrogens (tertiary/aromatic N) is 3. The molecular formula is C40H37ClN4O3S. The van der Waals surface area contributed by atoms with Gasteiger partial charge < -0.3 is 9.88 Å². The molecule has 1 aromatic heterocycles. The molecule has 1 N–H and O–H groups in total. The van der Waals surface area contributed by atoms with Crippen LogP contribution in [0.15, 0.2) is 132 Å². The molecule has 3 amide bonds. The number of aliphatic imine (C=N–C) groups is 1. The molecule has 0 saturated carbocycles. The van der Waals surface area contributed by atoms with Gasteiger partial charge in [0.1, 0.15) is 5.57 Å². The highest BCUT2D eigenvalue weighted by molar-refractivity contribution is 8.14. The first-order valence-electron chi connectivity index (χ1n) is 15.7. The normalized spacial score (nSPS) is 14.6. The molecule has 0 fully saturated rings. The highest BCUT2D eigenvalue weighted by Crippen LogP contribution is 2.30. The topological polar surface area (TPSA) is 83.8 Å². The lowest BCUT2D eigenvalue weighted by molar-refractivity contribution is -0.126. The second-order valence-corrected chi connectivity index (χ2v) is 12.8. The lowest BCUT2D eigenvalue weighted by Crippen LogP contribution is -2.42. The van der Waals surface area contributed by atoms with Crippen molar-refractivity contribution in [3.8, 4) is 5.69 Å². The fraction of sp³-hybridized carbons (Fsp3) is 0.150. The van der Waals surface area contributed by atoms with Gasteiger partial charge in [-0.15, -0.1) is 0 Å². The Bertz CT molecular complexity index is 1990. The van der Waals surface area contributed by atoms with Crippen molar-refractivity contribution in [3.05, 3.63) is 166 Å². The van der Waals surface area contributed by atoms with E-state index in [-0.39, 0.29) is 28.4 Å². The quantitative estimate of drug-likeness (QED) is 0.103. The largest absolute Gasteiger partial charge is 0.344 e. The molecule has 3 aromatic carbocycles. The van der Waals surface area contributed by atoms with Crippen LogP contribution in [0, 0.1) is 20.8 Å². The summed E-state index contributed by atoms with van der Waals surface area (Å²) in [4.78, 5) is 46.9. The number of thioether (sulfide) groups is 1. The van der Waals surface area contributed by atoms with Crippen molar-refractivity contribution in [3.63, 3.8) is 0 Å². The molecule has 4 aromatic rings. The van der Waals surface area contributed by atoms with Crippen LogP contribution in [-0.2, 0) is 14.4 Å². The molecule has 2 heterocycles. The molecule has 5 rings (SSSR count). The Morgan fingerprint density at radius 2 is 1.63 bits per heavy atom. The average molecular weight is 689 g/mol. The minimum atomic E-state index is -0.678. The van der Waals surface area contributed by atoms with Crippen molar-refractivity contribution in [1.29, 1.82) is 0 Å². The van der Waals surface area contributed by atoms with E-state index < -0.39 is 11.8 Å². The number of nitrogens with one attached hydrogen (secondary N) is 1. The summed E-state index contributed by atoms with van der Waals surface area (Å²) < 4.78 is 2.05. The Morgan fingerprint density at radius 3 is 2.24 bits per heavy atom. The first-order chi connectivity index (χ1) is 23.6. The molecular weight excluding hydrogens is 652 g/mol. The van der Waals surface area contributed by atoms with Crippen LogP contribution in [0.1, 0.15) is 46.6 Å². The van der Waals surface area contributed by atoms with Crippen molar-refractivity contribution in [2.24, 2.45) is 4.99 Å². The lowest BCUT2D eigenvalue weighted by Gasteiger charge is -2.28. The third kappa shape index (κ3) is 7.94. The Hall–Kier alpha value is -5.18. The number of amides is 3. The van der Waals surface area contributed by atoms with Gasteiger partial charge in [0.25, 0.3) is 11.8 Å². The number of benzene rings is 3. The summed E-state index contributed by atoms with van der Waals surface area (Å²) in [7, 11) is 0. The Labute approximate surface area is 296 Å². The Balaban J connectivity index is 1.46. The van der Waals surface area contributed by atoms with Gasteiger partial charge in [0.05, 0.1) is 11.8 Å².